The summed E-state index contributed by atoms with van der Waals surface area (Å²) >= 11 is 0. The molecule has 0 spiro atoms. The first-order valence-corrected chi connectivity index (χ1v) is 5.24. The van der Waals surface area contributed by atoms with Crippen molar-refractivity contribution in [3.05, 3.63) is 32.4 Å². The first-order chi connectivity index (χ1) is 8.86. The molecule has 0 saturated heterocycles. The van der Waals surface area contributed by atoms with Crippen LogP contribution in [0, 0.1) is 20.2 Å². The summed E-state index contributed by atoms with van der Waals surface area (Å²) in [6.45, 7) is 2.86. The zero-order valence-electron chi connectivity index (χ0n) is 10.2. The van der Waals surface area contributed by atoms with Crippen molar-refractivity contribution in [3.8, 4) is 5.75 Å². The maximum absolute atomic E-state index is 10.9. The molecule has 9 heteroatoms. The highest BCUT2D eigenvalue weighted by atomic mass is 16.6. The summed E-state index contributed by atoms with van der Waals surface area (Å²) in [6.07, 6.45) is 0. The Labute approximate surface area is 107 Å². The molecule has 0 saturated carbocycles. The van der Waals surface area contributed by atoms with Crippen LogP contribution >= 0.6 is 0 Å². The quantitative estimate of drug-likeness (QED) is 0.642. The van der Waals surface area contributed by atoms with Crippen molar-refractivity contribution in [1.82, 2.24) is 0 Å². The fourth-order valence-electron chi connectivity index (χ4n) is 1.41. The molecule has 0 aliphatic heterocycles. The fourth-order valence-corrected chi connectivity index (χ4v) is 1.41. The van der Waals surface area contributed by atoms with E-state index in [-0.39, 0.29) is 18.0 Å². The van der Waals surface area contributed by atoms with Gasteiger partial charge < -0.3 is 10.1 Å². The lowest BCUT2D eigenvalue weighted by atomic mass is 10.2. The van der Waals surface area contributed by atoms with Crippen molar-refractivity contribution in [2.24, 2.45) is 0 Å². The minimum atomic E-state index is -0.752. The van der Waals surface area contributed by atoms with E-state index in [1.165, 1.54) is 0 Å². The number of hydrogen-bond donors (Lipinski definition) is 1. The number of benzene rings is 1. The Bertz CT molecular complexity index is 542. The van der Waals surface area contributed by atoms with Gasteiger partial charge in [-0.05, 0) is 6.92 Å². The summed E-state index contributed by atoms with van der Waals surface area (Å²) in [4.78, 5) is 31.2. The van der Waals surface area contributed by atoms with E-state index in [4.69, 9.17) is 4.74 Å². The van der Waals surface area contributed by atoms with Crippen molar-refractivity contribution in [2.75, 3.05) is 11.9 Å². The number of nitro benzene ring substituents is 2. The van der Waals surface area contributed by atoms with Crippen molar-refractivity contribution < 1.29 is 19.4 Å². The molecule has 0 fully saturated rings. The van der Waals surface area contributed by atoms with Crippen LogP contribution in [0.25, 0.3) is 0 Å². The zero-order chi connectivity index (χ0) is 14.6. The van der Waals surface area contributed by atoms with Gasteiger partial charge in [-0.15, -0.1) is 0 Å². The van der Waals surface area contributed by atoms with Crippen LogP contribution in [-0.2, 0) is 4.79 Å². The third-order valence-corrected chi connectivity index (χ3v) is 2.08. The van der Waals surface area contributed by atoms with Gasteiger partial charge in [0.15, 0.2) is 0 Å². The van der Waals surface area contributed by atoms with Crippen molar-refractivity contribution >= 4 is 23.0 Å². The molecule has 0 aromatic heterocycles. The molecule has 1 amide bonds. The van der Waals surface area contributed by atoms with Crippen LogP contribution in [0.1, 0.15) is 13.8 Å². The number of nitrogens with zero attached hydrogens (tertiary/aromatic N) is 2. The second-order valence-electron chi connectivity index (χ2n) is 3.47. The number of ether oxygens (including phenoxy) is 1. The number of nitrogens with one attached hydrogen (secondary N) is 1. The molecule has 0 unspecified atom stereocenters. The van der Waals surface area contributed by atoms with Gasteiger partial charge in [0.1, 0.15) is 5.69 Å². The molecule has 0 bridgehead atoms. The summed E-state index contributed by atoms with van der Waals surface area (Å²) in [6, 6.07) is 1.83. The van der Waals surface area contributed by atoms with E-state index in [1.54, 1.807) is 6.92 Å². The van der Waals surface area contributed by atoms with E-state index in [9.17, 15) is 25.0 Å². The maximum Gasteiger partial charge on any atom is 0.313 e. The molecule has 0 atom stereocenters. The SMILES string of the molecule is CCOc1cc([N+](=O)[O-])c(NC(C)=O)cc1[N+](=O)[O-]. The third-order valence-electron chi connectivity index (χ3n) is 2.08. The van der Waals surface area contributed by atoms with Gasteiger partial charge in [-0.2, -0.15) is 0 Å². The number of nitro groups is 2. The number of rotatable bonds is 5. The molecule has 102 valence electrons. The van der Waals surface area contributed by atoms with Crippen LogP contribution < -0.4 is 10.1 Å². The molecule has 0 radical (unpaired) electrons. The van der Waals surface area contributed by atoms with Crippen LogP contribution in [0.15, 0.2) is 12.1 Å². The molecule has 1 N–H and O–H groups in total. The standard InChI is InChI=1S/C10H11N3O6/c1-3-19-10-5-8(12(15)16)7(11-6(2)14)4-9(10)13(17)18/h4-5H,3H2,1-2H3,(H,11,14). The van der Waals surface area contributed by atoms with E-state index in [0.29, 0.717) is 0 Å². The van der Waals surface area contributed by atoms with Crippen LogP contribution in [-0.4, -0.2) is 22.4 Å². The highest BCUT2D eigenvalue weighted by molar-refractivity contribution is 5.92. The monoisotopic (exact) mass is 269 g/mol. The zero-order valence-corrected chi connectivity index (χ0v) is 10.2. The van der Waals surface area contributed by atoms with Gasteiger partial charge in [0.2, 0.25) is 11.7 Å². The molecule has 0 heterocycles. The lowest BCUT2D eigenvalue weighted by Gasteiger charge is -2.07. The van der Waals surface area contributed by atoms with Crippen LogP contribution in [0.2, 0.25) is 0 Å². The van der Waals surface area contributed by atoms with E-state index >= 15 is 0 Å². The minimum absolute atomic E-state index is 0.122. The fraction of sp³-hybridized carbons (Fsp3) is 0.300. The molecule has 1 aromatic rings. The summed E-state index contributed by atoms with van der Waals surface area (Å²) < 4.78 is 4.99. The molecule has 0 aliphatic rings. The van der Waals surface area contributed by atoms with Crippen LogP contribution in [0.3, 0.4) is 0 Å². The number of carbonyl (C=O) groups is 1. The largest absolute Gasteiger partial charge is 0.487 e. The Balaban J connectivity index is 3.44. The topological polar surface area (TPSA) is 125 Å². The average Bonchev–Trinajstić information content (AvgIpc) is 2.29. The van der Waals surface area contributed by atoms with E-state index < -0.39 is 27.1 Å². The summed E-state index contributed by atoms with van der Waals surface area (Å²) in [5.74, 6) is -0.783. The number of carbonyl (C=O) groups excluding carboxylic acids is 1. The second kappa shape index (κ2) is 5.76. The smallest absolute Gasteiger partial charge is 0.313 e. The van der Waals surface area contributed by atoms with Gasteiger partial charge in [0.05, 0.1) is 28.6 Å². The van der Waals surface area contributed by atoms with E-state index in [2.05, 4.69) is 5.32 Å². The molecule has 9 nitrogen and oxygen atoms in total. The van der Waals surface area contributed by atoms with Crippen molar-refractivity contribution in [3.63, 3.8) is 0 Å². The summed E-state index contributed by atoms with van der Waals surface area (Å²) in [5, 5.41) is 23.9. The summed E-state index contributed by atoms with van der Waals surface area (Å²) in [5.41, 5.74) is -1.16. The molecular formula is C10H11N3O6. The highest BCUT2D eigenvalue weighted by Crippen LogP contribution is 2.37. The molecule has 19 heavy (non-hydrogen) atoms. The van der Waals surface area contributed by atoms with Gasteiger partial charge >= 0.3 is 5.69 Å². The van der Waals surface area contributed by atoms with Crippen LogP contribution in [0.5, 0.6) is 5.75 Å². The Kier molecular flexibility index (Phi) is 4.35. The predicted molar refractivity (Wildman–Crippen MR) is 65.2 cm³/mol. The number of hydrogen-bond acceptors (Lipinski definition) is 6. The number of amides is 1. The van der Waals surface area contributed by atoms with Gasteiger partial charge in [-0.3, -0.25) is 25.0 Å². The van der Waals surface area contributed by atoms with Gasteiger partial charge in [-0.25, -0.2) is 0 Å². The Hall–Kier alpha value is -2.71. The molecule has 1 rings (SSSR count). The Morgan fingerprint density at radius 3 is 2.26 bits per heavy atom. The van der Waals surface area contributed by atoms with Gasteiger partial charge in [0.25, 0.3) is 5.69 Å². The van der Waals surface area contributed by atoms with Gasteiger partial charge in [-0.1, -0.05) is 0 Å². The van der Waals surface area contributed by atoms with E-state index in [0.717, 1.165) is 19.1 Å². The highest BCUT2D eigenvalue weighted by Gasteiger charge is 2.25. The summed E-state index contributed by atoms with van der Waals surface area (Å²) in [7, 11) is 0. The average molecular weight is 269 g/mol. The predicted octanol–water partition coefficient (Wildman–Crippen LogP) is 1.86. The second-order valence-corrected chi connectivity index (χ2v) is 3.47. The van der Waals surface area contributed by atoms with E-state index in [1.807, 2.05) is 0 Å². The lowest BCUT2D eigenvalue weighted by Crippen LogP contribution is -2.09. The van der Waals surface area contributed by atoms with Crippen molar-refractivity contribution in [1.29, 1.82) is 0 Å². The Morgan fingerprint density at radius 1 is 1.26 bits per heavy atom. The van der Waals surface area contributed by atoms with Gasteiger partial charge in [0, 0.05) is 6.92 Å². The third kappa shape index (κ3) is 3.37. The Morgan fingerprint density at radius 2 is 1.84 bits per heavy atom. The number of anilines is 1. The molecule has 1 aromatic carbocycles. The maximum atomic E-state index is 10.9. The normalized spacial score (nSPS) is 9.79. The first kappa shape index (κ1) is 14.4. The lowest BCUT2D eigenvalue weighted by molar-refractivity contribution is -0.389. The minimum Gasteiger partial charge on any atom is -0.487 e. The molecular weight excluding hydrogens is 258 g/mol. The van der Waals surface area contributed by atoms with Crippen molar-refractivity contribution in [2.45, 2.75) is 13.8 Å². The first-order valence-electron chi connectivity index (χ1n) is 5.24. The van der Waals surface area contributed by atoms with Crippen LogP contribution in [0.4, 0.5) is 17.1 Å². The molecule has 0 aliphatic carbocycles.